The molecule has 1 aliphatic carbocycles. The molecule has 2 atom stereocenters. The van der Waals surface area contributed by atoms with Gasteiger partial charge in [-0.15, -0.1) is 0 Å². The Hall–Kier alpha value is -3.45. The molecule has 4 N–H and O–H groups in total. The minimum atomic E-state index is -0.415. The summed E-state index contributed by atoms with van der Waals surface area (Å²) < 4.78 is 0. The highest BCUT2D eigenvalue weighted by atomic mass is 16.2. The normalized spacial score (nSPS) is 14.7. The van der Waals surface area contributed by atoms with Crippen LogP contribution in [0.2, 0.25) is 0 Å². The molecule has 0 saturated heterocycles. The van der Waals surface area contributed by atoms with Gasteiger partial charge in [0, 0.05) is 44.0 Å². The van der Waals surface area contributed by atoms with E-state index in [-0.39, 0.29) is 30.9 Å². The molecule has 0 heterocycles. The number of benzene rings is 2. The summed E-state index contributed by atoms with van der Waals surface area (Å²) in [5.74, 6) is -0.749. The van der Waals surface area contributed by atoms with E-state index in [4.69, 9.17) is 5.11 Å². The van der Waals surface area contributed by atoms with Gasteiger partial charge in [0.05, 0.1) is 6.04 Å². The molecule has 7 nitrogen and oxygen atoms in total. The van der Waals surface area contributed by atoms with E-state index in [0.29, 0.717) is 5.56 Å². The number of rotatable bonds is 7. The van der Waals surface area contributed by atoms with Crippen LogP contribution >= 0.6 is 0 Å². The Labute approximate surface area is 215 Å². The van der Waals surface area contributed by atoms with Crippen LogP contribution in [0.15, 0.2) is 54.9 Å². The number of hydrogen-bond acceptors (Lipinski definition) is 5. The molecule has 0 bridgehead atoms. The second-order valence-corrected chi connectivity index (χ2v) is 8.80. The summed E-state index contributed by atoms with van der Waals surface area (Å²) in [5, 5.41) is 16.0. The van der Waals surface area contributed by atoms with Gasteiger partial charge in [-0.25, -0.2) is 0 Å². The lowest BCUT2D eigenvalue weighted by Crippen LogP contribution is -2.34. The fourth-order valence-corrected chi connectivity index (χ4v) is 3.67. The molecule has 0 spiro atoms. The van der Waals surface area contributed by atoms with Crippen LogP contribution in [0.5, 0.6) is 0 Å². The molecule has 2 amide bonds. The van der Waals surface area contributed by atoms with Gasteiger partial charge in [-0.3, -0.25) is 14.4 Å². The first kappa shape index (κ1) is 30.6. The third-order valence-electron chi connectivity index (χ3n) is 5.59. The third-order valence-corrected chi connectivity index (χ3v) is 5.59. The van der Waals surface area contributed by atoms with E-state index >= 15 is 0 Å². The zero-order valence-corrected chi connectivity index (χ0v) is 22.1. The Morgan fingerprint density at radius 1 is 1.08 bits per heavy atom. The quantitative estimate of drug-likeness (QED) is 0.432. The van der Waals surface area contributed by atoms with Crippen LogP contribution in [0.1, 0.15) is 71.8 Å². The Morgan fingerprint density at radius 3 is 2.25 bits per heavy atom. The smallest absolute Gasteiger partial charge is 0.227 e. The van der Waals surface area contributed by atoms with Crippen molar-refractivity contribution >= 4 is 18.1 Å². The fourth-order valence-electron chi connectivity index (χ4n) is 3.67. The Morgan fingerprint density at radius 2 is 1.69 bits per heavy atom. The van der Waals surface area contributed by atoms with E-state index in [0.717, 1.165) is 36.7 Å². The summed E-state index contributed by atoms with van der Waals surface area (Å²) >= 11 is 0. The zero-order chi connectivity index (χ0) is 26.9. The van der Waals surface area contributed by atoms with Gasteiger partial charge in [0.15, 0.2) is 0 Å². The van der Waals surface area contributed by atoms with Gasteiger partial charge < -0.3 is 21.1 Å². The maximum absolute atomic E-state index is 12.3. The highest BCUT2D eigenvalue weighted by Crippen LogP contribution is 2.30. The van der Waals surface area contributed by atoms with E-state index in [1.807, 2.05) is 12.1 Å². The lowest BCUT2D eigenvalue weighted by atomic mass is 9.86. The lowest BCUT2D eigenvalue weighted by molar-refractivity contribution is -0.129. The monoisotopic (exact) mass is 495 g/mol. The van der Waals surface area contributed by atoms with Gasteiger partial charge >= 0.3 is 0 Å². The number of carbonyl (C=O) groups excluding carboxylic acids is 3. The number of aliphatic hydroxyl groups is 1. The number of nitrogens with one attached hydrogen (secondary N) is 3. The molecule has 0 radical (unpaired) electrons. The average molecular weight is 496 g/mol. The molecular formula is C29H41N3O4. The summed E-state index contributed by atoms with van der Waals surface area (Å²) in [6.45, 7) is 7.85. The van der Waals surface area contributed by atoms with Crippen molar-refractivity contribution in [2.75, 3.05) is 13.7 Å². The van der Waals surface area contributed by atoms with E-state index < -0.39 is 5.92 Å². The second-order valence-electron chi connectivity index (χ2n) is 8.80. The number of fused-ring (bicyclic) bond motifs is 1. The molecule has 7 heteroatoms. The summed E-state index contributed by atoms with van der Waals surface area (Å²) in [6.07, 6.45) is 6.84. The number of aliphatic hydroxyl groups excluding tert-OH is 1. The molecule has 0 aromatic heterocycles. The minimum absolute atomic E-state index is 0.0589. The van der Waals surface area contributed by atoms with Crippen LogP contribution in [0.4, 0.5) is 0 Å². The van der Waals surface area contributed by atoms with Crippen LogP contribution in [0.25, 0.3) is 0 Å². The van der Waals surface area contributed by atoms with Crippen molar-refractivity contribution in [2.24, 2.45) is 5.92 Å². The van der Waals surface area contributed by atoms with Crippen molar-refractivity contribution in [2.45, 2.75) is 59.4 Å². The Balaban J connectivity index is 0.000000488. The molecular weight excluding hydrogens is 454 g/mol. The van der Waals surface area contributed by atoms with Crippen molar-refractivity contribution in [1.82, 2.24) is 16.0 Å². The zero-order valence-electron chi connectivity index (χ0n) is 22.1. The van der Waals surface area contributed by atoms with Gasteiger partial charge in [-0.2, -0.15) is 0 Å². The van der Waals surface area contributed by atoms with Crippen molar-refractivity contribution < 1.29 is 19.5 Å². The summed E-state index contributed by atoms with van der Waals surface area (Å²) in [4.78, 5) is 35.1. The van der Waals surface area contributed by atoms with Crippen molar-refractivity contribution in [3.63, 3.8) is 0 Å². The molecule has 0 unspecified atom stereocenters. The summed E-state index contributed by atoms with van der Waals surface area (Å²) in [6, 6.07) is 14.0. The van der Waals surface area contributed by atoms with E-state index in [1.165, 1.54) is 17.3 Å². The largest absolute Gasteiger partial charge is 0.397 e. The van der Waals surface area contributed by atoms with Gasteiger partial charge in [0.2, 0.25) is 11.8 Å². The first-order valence-corrected chi connectivity index (χ1v) is 12.4. The molecule has 2 aromatic carbocycles. The van der Waals surface area contributed by atoms with E-state index in [9.17, 15) is 14.4 Å². The molecule has 3 rings (SSSR count). The molecule has 1 aliphatic rings. The first-order valence-electron chi connectivity index (χ1n) is 12.4. The highest BCUT2D eigenvalue weighted by Gasteiger charge is 2.24. The molecule has 36 heavy (non-hydrogen) atoms. The van der Waals surface area contributed by atoms with Gasteiger partial charge in [0.25, 0.3) is 0 Å². The molecule has 2 aromatic rings. The predicted octanol–water partition coefficient (Wildman–Crippen LogP) is 4.13. The standard InChI is InChI=1S/C19H25N3O3.C8H10.C2H6O/c1-13(19(25)21-9-8-20-2)10-18(24)22-17-5-3-4-15-11-14(12-23)6-7-16(15)17;1-7-3-5-8(2)6-4-7;1-2-3/h6-9,11-13,17,20H,3-5,10H2,1-2H3,(H,21,25)(H,22,24);3-6H,1-2H3;3H,2H2,1H3/b9-8-;;/t13-,17-;;/m1../s1. The van der Waals surface area contributed by atoms with Crippen LogP contribution in [-0.4, -0.2) is 36.9 Å². The van der Waals surface area contributed by atoms with Gasteiger partial charge in [-0.05, 0) is 57.2 Å². The summed E-state index contributed by atoms with van der Waals surface area (Å²) in [5.41, 5.74) is 5.50. The van der Waals surface area contributed by atoms with Crippen molar-refractivity contribution in [3.05, 3.63) is 82.7 Å². The topological polar surface area (TPSA) is 108 Å². The fraction of sp³-hybridized carbons (Fsp3) is 0.414. The van der Waals surface area contributed by atoms with Crippen LogP contribution in [0.3, 0.4) is 0 Å². The highest BCUT2D eigenvalue weighted by molar-refractivity contribution is 5.86. The van der Waals surface area contributed by atoms with Crippen molar-refractivity contribution in [3.8, 4) is 0 Å². The number of aldehydes is 1. The Bertz CT molecular complexity index is 966. The summed E-state index contributed by atoms with van der Waals surface area (Å²) in [7, 11) is 1.74. The van der Waals surface area contributed by atoms with Crippen LogP contribution < -0.4 is 16.0 Å². The van der Waals surface area contributed by atoms with Gasteiger partial charge in [-0.1, -0.05) is 54.4 Å². The average Bonchev–Trinajstić information content (AvgIpc) is 2.86. The first-order chi connectivity index (χ1) is 17.2. The maximum atomic E-state index is 12.3. The van der Waals surface area contributed by atoms with E-state index in [1.54, 1.807) is 33.2 Å². The minimum Gasteiger partial charge on any atom is -0.397 e. The molecule has 0 fully saturated rings. The van der Waals surface area contributed by atoms with E-state index in [2.05, 4.69) is 54.1 Å². The predicted molar refractivity (Wildman–Crippen MR) is 144 cm³/mol. The number of amides is 2. The van der Waals surface area contributed by atoms with Crippen LogP contribution in [-0.2, 0) is 16.0 Å². The second kappa shape index (κ2) is 17.1. The Kier molecular flexibility index (Phi) is 14.5. The lowest BCUT2D eigenvalue weighted by Gasteiger charge is -2.27. The molecule has 196 valence electrons. The number of carbonyl (C=O) groups is 3. The van der Waals surface area contributed by atoms with Crippen molar-refractivity contribution in [1.29, 1.82) is 0 Å². The molecule has 0 saturated carbocycles. The van der Waals surface area contributed by atoms with Gasteiger partial charge in [0.1, 0.15) is 6.29 Å². The maximum Gasteiger partial charge on any atom is 0.227 e. The third kappa shape index (κ3) is 11.3. The number of aryl methyl sites for hydroxylation is 3. The SMILES string of the molecule is CCO.CN/C=C\NC(=O)[C@H](C)CC(=O)N[C@@H]1CCCc2cc(C=O)ccc21.Cc1ccc(C)cc1. The van der Waals surface area contributed by atoms with Crippen LogP contribution in [0, 0.1) is 19.8 Å². The molecule has 0 aliphatic heterocycles. The number of hydrogen-bond donors (Lipinski definition) is 4.